The van der Waals surface area contributed by atoms with Gasteiger partial charge in [-0.25, -0.2) is 9.97 Å². The number of piperidine rings is 1. The molecule has 0 unspecified atom stereocenters. The molecule has 1 amide bonds. The molecule has 0 saturated carbocycles. The predicted octanol–water partition coefficient (Wildman–Crippen LogP) is 4.34. The minimum absolute atomic E-state index is 0.219. The summed E-state index contributed by atoms with van der Waals surface area (Å²) in [5, 5.41) is 0. The van der Waals surface area contributed by atoms with Gasteiger partial charge in [0.15, 0.2) is 0 Å². The maximum Gasteiger partial charge on any atom is 0.226 e. The molecule has 3 heterocycles. The zero-order valence-electron chi connectivity index (χ0n) is 17.2. The minimum atomic E-state index is 0.219. The van der Waals surface area contributed by atoms with E-state index in [2.05, 4.69) is 35.5 Å². The van der Waals surface area contributed by atoms with Gasteiger partial charge in [0, 0.05) is 43.0 Å². The van der Waals surface area contributed by atoms with Gasteiger partial charge in [0.05, 0.1) is 6.42 Å². The number of carbonyl (C=O) groups is 1. The van der Waals surface area contributed by atoms with Crippen molar-refractivity contribution < 1.29 is 4.79 Å². The molecule has 1 aliphatic heterocycles. The van der Waals surface area contributed by atoms with E-state index in [0.717, 1.165) is 48.8 Å². The Bertz CT molecular complexity index is 956. The Morgan fingerprint density at radius 3 is 2.55 bits per heavy atom. The second-order valence-electron chi connectivity index (χ2n) is 8.05. The summed E-state index contributed by atoms with van der Waals surface area (Å²) in [5.41, 5.74) is 2.19. The molecule has 0 radical (unpaired) electrons. The molecule has 150 valence electrons. The van der Waals surface area contributed by atoms with Crippen LogP contribution in [-0.4, -0.2) is 38.4 Å². The fraction of sp³-hybridized carbons (Fsp3) is 0.375. The topological polar surface area (TPSA) is 51.0 Å². The van der Waals surface area contributed by atoms with Gasteiger partial charge in [-0.05, 0) is 30.5 Å². The Kier molecular flexibility index (Phi) is 5.74. The number of pyridine rings is 1. The van der Waals surface area contributed by atoms with E-state index < -0.39 is 0 Å². The molecule has 5 heteroatoms. The van der Waals surface area contributed by atoms with E-state index in [9.17, 15) is 4.79 Å². The number of carbonyl (C=O) groups excluding carboxylic acids is 1. The number of amides is 1. The van der Waals surface area contributed by atoms with Gasteiger partial charge >= 0.3 is 0 Å². The molecule has 2 aromatic heterocycles. The zero-order valence-corrected chi connectivity index (χ0v) is 17.2. The van der Waals surface area contributed by atoms with Crippen molar-refractivity contribution in [1.82, 2.24) is 19.4 Å². The van der Waals surface area contributed by atoms with Crippen molar-refractivity contribution in [3.8, 4) is 5.82 Å². The van der Waals surface area contributed by atoms with E-state index in [-0.39, 0.29) is 5.91 Å². The van der Waals surface area contributed by atoms with Crippen molar-refractivity contribution in [2.75, 3.05) is 13.1 Å². The average molecular weight is 389 g/mol. The summed E-state index contributed by atoms with van der Waals surface area (Å²) in [6.07, 6.45) is 6.21. The van der Waals surface area contributed by atoms with Gasteiger partial charge in [0.25, 0.3) is 0 Å². The van der Waals surface area contributed by atoms with Crippen LogP contribution in [0.5, 0.6) is 0 Å². The van der Waals surface area contributed by atoms with Crippen LogP contribution in [0.4, 0.5) is 0 Å². The minimum Gasteiger partial charge on any atom is -0.342 e. The van der Waals surface area contributed by atoms with Crippen LogP contribution in [0, 0.1) is 0 Å². The van der Waals surface area contributed by atoms with Crippen LogP contribution in [0.3, 0.4) is 0 Å². The number of hydrogen-bond donors (Lipinski definition) is 0. The number of likely N-dealkylation sites (tertiary alicyclic amines) is 1. The summed E-state index contributed by atoms with van der Waals surface area (Å²) in [6, 6.07) is 16.2. The van der Waals surface area contributed by atoms with Crippen molar-refractivity contribution in [1.29, 1.82) is 0 Å². The molecule has 3 aromatic rings. The molecule has 1 fully saturated rings. The molecule has 0 N–H and O–H groups in total. The Morgan fingerprint density at radius 2 is 1.83 bits per heavy atom. The van der Waals surface area contributed by atoms with Gasteiger partial charge in [0.2, 0.25) is 5.91 Å². The number of aromatic nitrogens is 3. The van der Waals surface area contributed by atoms with Crippen molar-refractivity contribution in [3.05, 3.63) is 78.0 Å². The van der Waals surface area contributed by atoms with Crippen LogP contribution in [0.15, 0.2) is 60.9 Å². The predicted molar refractivity (Wildman–Crippen MR) is 114 cm³/mol. The van der Waals surface area contributed by atoms with Crippen molar-refractivity contribution in [3.63, 3.8) is 0 Å². The summed E-state index contributed by atoms with van der Waals surface area (Å²) in [6.45, 7) is 5.88. The first kappa shape index (κ1) is 19.4. The van der Waals surface area contributed by atoms with Crippen LogP contribution in [0.2, 0.25) is 0 Å². The first-order valence-corrected chi connectivity index (χ1v) is 10.4. The third-order valence-corrected chi connectivity index (χ3v) is 5.65. The molecule has 1 aromatic carbocycles. The quantitative estimate of drug-likeness (QED) is 0.653. The van der Waals surface area contributed by atoms with E-state index in [1.54, 1.807) is 0 Å². The Balaban J connectivity index is 1.41. The molecule has 1 aliphatic rings. The van der Waals surface area contributed by atoms with Gasteiger partial charge in [-0.2, -0.15) is 0 Å². The monoisotopic (exact) mass is 388 g/mol. The van der Waals surface area contributed by atoms with Gasteiger partial charge in [0.1, 0.15) is 11.6 Å². The first-order valence-electron chi connectivity index (χ1n) is 10.4. The van der Waals surface area contributed by atoms with E-state index in [1.165, 1.54) is 0 Å². The maximum absolute atomic E-state index is 12.6. The lowest BCUT2D eigenvalue weighted by Gasteiger charge is -2.32. The van der Waals surface area contributed by atoms with E-state index in [0.29, 0.717) is 18.3 Å². The highest BCUT2D eigenvalue weighted by Gasteiger charge is 2.25. The highest BCUT2D eigenvalue weighted by Crippen LogP contribution is 2.28. The molecule has 0 bridgehead atoms. The lowest BCUT2D eigenvalue weighted by Crippen LogP contribution is -2.38. The standard InChI is InChI=1S/C24H28N4O/c1-18(2)24-25-13-16-28(24)22-10-6-9-21(26-22)20-11-14-27(15-12-20)23(29)17-19-7-4-3-5-8-19/h3-10,13,16,18,20H,11-12,14-15,17H2,1-2H3. The third kappa shape index (κ3) is 4.39. The average Bonchev–Trinajstić information content (AvgIpc) is 3.25. The molecule has 0 aliphatic carbocycles. The molecular weight excluding hydrogens is 360 g/mol. The number of rotatable bonds is 5. The lowest BCUT2D eigenvalue weighted by molar-refractivity contribution is -0.131. The molecule has 29 heavy (non-hydrogen) atoms. The molecule has 4 rings (SSSR count). The highest BCUT2D eigenvalue weighted by atomic mass is 16.2. The first-order chi connectivity index (χ1) is 14.1. The summed E-state index contributed by atoms with van der Waals surface area (Å²) in [5.74, 6) is 2.90. The lowest BCUT2D eigenvalue weighted by atomic mass is 9.92. The Hall–Kier alpha value is -2.95. The second kappa shape index (κ2) is 8.60. The molecular formula is C24H28N4O. The van der Waals surface area contributed by atoms with Crippen molar-refractivity contribution >= 4 is 5.91 Å². The Labute approximate surface area is 172 Å². The SMILES string of the molecule is CC(C)c1nccn1-c1cccc(C2CCN(C(=O)Cc3ccccc3)CC2)n1. The van der Waals surface area contributed by atoms with Crippen molar-refractivity contribution in [2.24, 2.45) is 0 Å². The highest BCUT2D eigenvalue weighted by molar-refractivity contribution is 5.78. The normalized spacial score (nSPS) is 15.1. The van der Waals surface area contributed by atoms with Gasteiger partial charge in [-0.3, -0.25) is 9.36 Å². The van der Waals surface area contributed by atoms with Gasteiger partial charge in [-0.15, -0.1) is 0 Å². The maximum atomic E-state index is 12.6. The van der Waals surface area contributed by atoms with Crippen LogP contribution in [0.25, 0.3) is 5.82 Å². The summed E-state index contributed by atoms with van der Waals surface area (Å²) >= 11 is 0. The number of benzene rings is 1. The number of imidazole rings is 1. The van der Waals surface area contributed by atoms with Crippen LogP contribution >= 0.6 is 0 Å². The zero-order chi connectivity index (χ0) is 20.2. The van der Waals surface area contributed by atoms with E-state index >= 15 is 0 Å². The Morgan fingerprint density at radius 1 is 1.07 bits per heavy atom. The number of hydrogen-bond acceptors (Lipinski definition) is 3. The van der Waals surface area contributed by atoms with Crippen LogP contribution < -0.4 is 0 Å². The molecule has 0 atom stereocenters. The largest absolute Gasteiger partial charge is 0.342 e. The second-order valence-corrected chi connectivity index (χ2v) is 8.05. The summed E-state index contributed by atoms with van der Waals surface area (Å²) in [7, 11) is 0. The fourth-order valence-electron chi connectivity index (χ4n) is 4.04. The van der Waals surface area contributed by atoms with Gasteiger partial charge < -0.3 is 4.90 Å². The van der Waals surface area contributed by atoms with E-state index in [1.807, 2.05) is 53.7 Å². The fourth-order valence-corrected chi connectivity index (χ4v) is 4.04. The smallest absolute Gasteiger partial charge is 0.226 e. The van der Waals surface area contributed by atoms with Gasteiger partial charge in [-0.1, -0.05) is 50.2 Å². The van der Waals surface area contributed by atoms with Crippen LogP contribution in [-0.2, 0) is 11.2 Å². The molecule has 0 spiro atoms. The van der Waals surface area contributed by atoms with Crippen molar-refractivity contribution in [2.45, 2.75) is 44.9 Å². The summed E-state index contributed by atoms with van der Waals surface area (Å²) in [4.78, 5) is 24.0. The van der Waals surface area contributed by atoms with Crippen LogP contribution in [0.1, 0.15) is 55.6 Å². The molecule has 5 nitrogen and oxygen atoms in total. The third-order valence-electron chi connectivity index (χ3n) is 5.65. The molecule has 1 saturated heterocycles. The number of nitrogens with zero attached hydrogens (tertiary/aromatic N) is 4. The van der Waals surface area contributed by atoms with E-state index in [4.69, 9.17) is 4.98 Å². The summed E-state index contributed by atoms with van der Waals surface area (Å²) < 4.78 is 2.08.